The molecular formula is C20H17NO3S. The van der Waals surface area contributed by atoms with Crippen molar-refractivity contribution in [3.8, 4) is 0 Å². The van der Waals surface area contributed by atoms with Crippen LogP contribution in [0.4, 0.5) is 0 Å². The first-order valence-corrected chi connectivity index (χ1v) is 9.19. The zero-order valence-electron chi connectivity index (χ0n) is 13.7. The van der Waals surface area contributed by atoms with Gasteiger partial charge in [0, 0.05) is 6.20 Å². The molecule has 0 aliphatic rings. The predicted octanol–water partition coefficient (Wildman–Crippen LogP) is 3.93. The first kappa shape index (κ1) is 16.9. The molecule has 1 heterocycles. The summed E-state index contributed by atoms with van der Waals surface area (Å²) in [7, 11) is -3.80. The fraction of sp³-hybridized carbons (Fsp3) is 0.0500. The van der Waals surface area contributed by atoms with Crippen molar-refractivity contribution in [2.75, 3.05) is 0 Å². The molecule has 0 spiro atoms. The van der Waals surface area contributed by atoms with Crippen molar-refractivity contribution in [3.05, 3.63) is 95.8 Å². The lowest BCUT2D eigenvalue weighted by Gasteiger charge is -2.08. The normalized spacial score (nSPS) is 11.7. The number of hydrogen-bond acceptors (Lipinski definition) is 3. The maximum atomic E-state index is 12.7. The van der Waals surface area contributed by atoms with Gasteiger partial charge in [-0.05, 0) is 42.8 Å². The maximum Gasteiger partial charge on any atom is 0.268 e. The highest BCUT2D eigenvalue weighted by Gasteiger charge is 2.21. The van der Waals surface area contributed by atoms with Gasteiger partial charge >= 0.3 is 0 Å². The SMILES string of the molecule is Cc1ccc(/C=C/C(=O)c2cccn2S(=O)(=O)c2ccccc2)cc1. The van der Waals surface area contributed by atoms with Gasteiger partial charge in [-0.3, -0.25) is 4.79 Å². The minimum absolute atomic E-state index is 0.104. The van der Waals surface area contributed by atoms with E-state index < -0.39 is 10.0 Å². The number of rotatable bonds is 5. The van der Waals surface area contributed by atoms with Gasteiger partial charge in [0.25, 0.3) is 10.0 Å². The van der Waals surface area contributed by atoms with Crippen molar-refractivity contribution in [2.24, 2.45) is 0 Å². The van der Waals surface area contributed by atoms with Crippen LogP contribution in [0.2, 0.25) is 0 Å². The van der Waals surface area contributed by atoms with E-state index in [4.69, 9.17) is 0 Å². The van der Waals surface area contributed by atoms with Crippen molar-refractivity contribution in [3.63, 3.8) is 0 Å². The fourth-order valence-corrected chi connectivity index (χ4v) is 3.78. The van der Waals surface area contributed by atoms with Crippen LogP contribution in [0.5, 0.6) is 0 Å². The number of carbonyl (C=O) groups excluding carboxylic acids is 1. The molecule has 0 saturated carbocycles. The van der Waals surface area contributed by atoms with Crippen molar-refractivity contribution >= 4 is 21.9 Å². The molecule has 0 N–H and O–H groups in total. The number of hydrogen-bond donors (Lipinski definition) is 0. The number of carbonyl (C=O) groups is 1. The highest BCUT2D eigenvalue weighted by molar-refractivity contribution is 7.90. The molecule has 0 atom stereocenters. The molecule has 0 radical (unpaired) electrons. The summed E-state index contributed by atoms with van der Waals surface area (Å²) in [4.78, 5) is 12.6. The van der Waals surface area contributed by atoms with Crippen LogP contribution in [0.25, 0.3) is 6.08 Å². The van der Waals surface area contributed by atoms with Gasteiger partial charge in [-0.15, -0.1) is 0 Å². The standard InChI is InChI=1S/C20H17NO3S/c1-16-9-11-17(12-10-16)13-14-20(22)19-8-5-15-21(19)25(23,24)18-6-3-2-4-7-18/h2-15H,1H3/b14-13+. The zero-order chi connectivity index (χ0) is 17.9. The van der Waals surface area contributed by atoms with E-state index in [1.807, 2.05) is 31.2 Å². The minimum atomic E-state index is -3.80. The topological polar surface area (TPSA) is 56.1 Å². The van der Waals surface area contributed by atoms with E-state index in [1.54, 1.807) is 30.3 Å². The highest BCUT2D eigenvalue weighted by atomic mass is 32.2. The van der Waals surface area contributed by atoms with Gasteiger partial charge in [-0.25, -0.2) is 12.4 Å². The average molecular weight is 351 g/mol. The van der Waals surface area contributed by atoms with E-state index in [0.29, 0.717) is 0 Å². The lowest BCUT2D eigenvalue weighted by Crippen LogP contribution is -2.17. The maximum absolute atomic E-state index is 12.7. The van der Waals surface area contributed by atoms with Gasteiger partial charge in [0.15, 0.2) is 0 Å². The Labute approximate surface area is 147 Å². The van der Waals surface area contributed by atoms with Crippen LogP contribution in [-0.4, -0.2) is 18.2 Å². The molecule has 5 heteroatoms. The summed E-state index contributed by atoms with van der Waals surface area (Å²) in [6, 6.07) is 18.8. The molecule has 0 fully saturated rings. The average Bonchev–Trinajstić information content (AvgIpc) is 3.12. The quantitative estimate of drug-likeness (QED) is 0.517. The zero-order valence-corrected chi connectivity index (χ0v) is 14.5. The summed E-state index contributed by atoms with van der Waals surface area (Å²) in [6.07, 6.45) is 4.44. The summed E-state index contributed by atoms with van der Waals surface area (Å²) in [5.41, 5.74) is 2.11. The van der Waals surface area contributed by atoms with Crippen LogP contribution >= 0.6 is 0 Å². The Bertz CT molecular complexity index is 1010. The molecule has 0 aliphatic carbocycles. The first-order valence-electron chi connectivity index (χ1n) is 7.75. The van der Waals surface area contributed by atoms with Crippen LogP contribution in [0, 0.1) is 6.92 Å². The van der Waals surface area contributed by atoms with E-state index in [9.17, 15) is 13.2 Å². The number of benzene rings is 2. The number of nitrogens with zero attached hydrogens (tertiary/aromatic N) is 1. The Morgan fingerprint density at radius 1 is 0.920 bits per heavy atom. The van der Waals surface area contributed by atoms with Gasteiger partial charge in [-0.2, -0.15) is 0 Å². The number of aromatic nitrogens is 1. The monoisotopic (exact) mass is 351 g/mol. The minimum Gasteiger partial charge on any atom is -0.288 e. The molecular weight excluding hydrogens is 334 g/mol. The van der Waals surface area contributed by atoms with Crippen LogP contribution in [-0.2, 0) is 10.0 Å². The molecule has 1 aromatic heterocycles. The smallest absolute Gasteiger partial charge is 0.268 e. The van der Waals surface area contributed by atoms with Crippen molar-refractivity contribution in [1.29, 1.82) is 0 Å². The van der Waals surface area contributed by atoms with E-state index in [1.165, 1.54) is 30.5 Å². The predicted molar refractivity (Wildman–Crippen MR) is 98.0 cm³/mol. The first-order chi connectivity index (χ1) is 12.0. The second kappa shape index (κ2) is 6.91. The Morgan fingerprint density at radius 2 is 1.60 bits per heavy atom. The molecule has 0 amide bonds. The molecule has 3 rings (SSSR count). The second-order valence-electron chi connectivity index (χ2n) is 5.62. The summed E-state index contributed by atoms with van der Waals surface area (Å²) in [6.45, 7) is 1.99. The van der Waals surface area contributed by atoms with Crippen molar-refractivity contribution in [1.82, 2.24) is 3.97 Å². The second-order valence-corrected chi connectivity index (χ2v) is 7.43. The molecule has 126 valence electrons. The highest BCUT2D eigenvalue weighted by Crippen LogP contribution is 2.17. The summed E-state index contributed by atoms with van der Waals surface area (Å²) < 4.78 is 26.5. The number of ketones is 1. The fourth-order valence-electron chi connectivity index (χ4n) is 2.41. The Morgan fingerprint density at radius 3 is 2.28 bits per heavy atom. The molecule has 3 aromatic rings. The van der Waals surface area contributed by atoms with Gasteiger partial charge < -0.3 is 0 Å². The van der Waals surface area contributed by atoms with E-state index in [2.05, 4.69) is 0 Å². The van der Waals surface area contributed by atoms with Gasteiger partial charge in [0.1, 0.15) is 5.69 Å². The third-order valence-electron chi connectivity index (χ3n) is 3.77. The largest absolute Gasteiger partial charge is 0.288 e. The van der Waals surface area contributed by atoms with E-state index >= 15 is 0 Å². The molecule has 0 aliphatic heterocycles. The third-order valence-corrected chi connectivity index (χ3v) is 5.47. The molecule has 0 unspecified atom stereocenters. The van der Waals surface area contributed by atoms with E-state index in [0.717, 1.165) is 15.1 Å². The Balaban J connectivity index is 1.91. The molecule has 4 nitrogen and oxygen atoms in total. The molecule has 0 saturated heterocycles. The summed E-state index contributed by atoms with van der Waals surface area (Å²) >= 11 is 0. The van der Waals surface area contributed by atoms with Crippen LogP contribution in [0.1, 0.15) is 21.6 Å². The van der Waals surface area contributed by atoms with Gasteiger partial charge in [0.2, 0.25) is 5.78 Å². The summed E-state index contributed by atoms with van der Waals surface area (Å²) in [5.74, 6) is -0.370. The van der Waals surface area contributed by atoms with Crippen molar-refractivity contribution < 1.29 is 13.2 Å². The molecule has 2 aromatic carbocycles. The van der Waals surface area contributed by atoms with Crippen molar-refractivity contribution in [2.45, 2.75) is 11.8 Å². The lowest BCUT2D eigenvalue weighted by atomic mass is 10.1. The number of allylic oxidation sites excluding steroid dienone is 1. The van der Waals surface area contributed by atoms with Crippen LogP contribution in [0.3, 0.4) is 0 Å². The Kier molecular flexibility index (Phi) is 4.67. The third kappa shape index (κ3) is 3.61. The van der Waals surface area contributed by atoms with Crippen LogP contribution in [0.15, 0.2) is 83.9 Å². The van der Waals surface area contributed by atoms with E-state index in [-0.39, 0.29) is 16.4 Å². The molecule has 0 bridgehead atoms. The molecule has 25 heavy (non-hydrogen) atoms. The summed E-state index contributed by atoms with van der Waals surface area (Å²) in [5, 5.41) is 0. The van der Waals surface area contributed by atoms with Gasteiger partial charge in [0.05, 0.1) is 4.90 Å². The lowest BCUT2D eigenvalue weighted by molar-refractivity contribution is 0.104. The number of aryl methyl sites for hydroxylation is 1. The Hall–Kier alpha value is -2.92. The van der Waals surface area contributed by atoms with Crippen LogP contribution < -0.4 is 0 Å². The van der Waals surface area contributed by atoms with Gasteiger partial charge in [-0.1, -0.05) is 54.1 Å².